The number of pyridine rings is 1. The number of aryl methyl sites for hydroxylation is 1. The van der Waals surface area contributed by atoms with Crippen LogP contribution in [0.4, 0.5) is 33.6 Å². The molecule has 5 aromatic carbocycles. The van der Waals surface area contributed by atoms with Crippen molar-refractivity contribution in [3.05, 3.63) is 83.4 Å². The minimum atomic E-state index is -5.24. The van der Waals surface area contributed by atoms with Crippen LogP contribution in [0.2, 0.25) is 0 Å². The summed E-state index contributed by atoms with van der Waals surface area (Å²) < 4.78 is 93.0. The average Bonchev–Trinajstić information content (AvgIpc) is 3.95. The number of thiazole rings is 1. The molecule has 0 atom stereocenters. The standard InChI is InChI=1S/C41H32N10O17S5/c1-19-13-28(30(64-12-11-63-10-9-52)17-27(19)46-50-41-44-35-31(69-41)14-21(70-67-65-55)15-33(35)72(57,58)59)47-49-36-32(71-68-66-56)16-23-22(37(36)53)7-8-26(38(23)73(60,61)62)45-48-34-20(2)24(18-42)39-43-25-5-3-4-6-29(25)51(39)40(34)54/h3-8,13-17,52-56H,9-12H2,1-2H3,(H,57,58,59)(H,60,61,62). The SMILES string of the molecule is Cc1cc(N=Nc2c(SOOO)cc3c(S(=O)(=O)O)c(N=Nc4c(C)c(C#N)c5nc6ccccc6n5c4O)ccc3c2O)c(OCCOCCO)cc1N=Nc1nc2c(S(=O)(=O)O)cc(SOOO)cc2s1. The number of aromatic hydroxyl groups is 2. The molecular formula is C41H32N10O17S5. The summed E-state index contributed by atoms with van der Waals surface area (Å²) in [5.74, 6) is -1.19. The third kappa shape index (κ3) is 11.1. The quantitative estimate of drug-likeness (QED) is 0.00931. The van der Waals surface area contributed by atoms with Gasteiger partial charge in [-0.25, -0.2) is 20.5 Å². The first-order chi connectivity index (χ1) is 35.0. The molecule has 3 aromatic heterocycles. The van der Waals surface area contributed by atoms with Crippen LogP contribution in [0, 0.1) is 25.2 Å². The molecule has 8 aromatic rings. The third-order valence-electron chi connectivity index (χ3n) is 10.2. The average molecular weight is 1100 g/mol. The van der Waals surface area contributed by atoms with Gasteiger partial charge in [0.05, 0.1) is 70.2 Å². The molecule has 0 amide bonds. The fourth-order valence-electron chi connectivity index (χ4n) is 7.11. The number of aromatic nitrogens is 3. The van der Waals surface area contributed by atoms with E-state index in [9.17, 15) is 41.4 Å². The zero-order valence-electron chi connectivity index (χ0n) is 36.9. The number of hydrogen-bond acceptors (Lipinski definition) is 27. The Morgan fingerprint density at radius 1 is 0.781 bits per heavy atom. The van der Waals surface area contributed by atoms with Crippen molar-refractivity contribution in [2.45, 2.75) is 33.4 Å². The molecule has 3 heterocycles. The van der Waals surface area contributed by atoms with Crippen molar-refractivity contribution in [1.29, 1.82) is 5.26 Å². The Balaban J connectivity index is 1.19. The van der Waals surface area contributed by atoms with Crippen molar-refractivity contribution in [3.63, 3.8) is 0 Å². The van der Waals surface area contributed by atoms with E-state index in [2.05, 4.69) is 59.4 Å². The number of hydrogen-bond donors (Lipinski definition) is 7. The van der Waals surface area contributed by atoms with E-state index >= 15 is 0 Å². The number of benzene rings is 5. The predicted octanol–water partition coefficient (Wildman–Crippen LogP) is 10.1. The number of aliphatic hydroxyl groups excluding tert-OH is 1. The predicted molar refractivity (Wildman–Crippen MR) is 257 cm³/mol. The number of azo groups is 3. The van der Waals surface area contributed by atoms with Crippen molar-refractivity contribution < 1.29 is 80.0 Å². The topological polar surface area (TPSA) is 393 Å². The van der Waals surface area contributed by atoms with Crippen LogP contribution in [0.25, 0.3) is 37.7 Å². The molecular weight excluding hydrogens is 1060 g/mol. The molecule has 0 radical (unpaired) electrons. The fourth-order valence-corrected chi connectivity index (χ4v) is 10.6. The molecule has 8 rings (SSSR count). The van der Waals surface area contributed by atoms with Crippen LogP contribution < -0.4 is 4.74 Å². The van der Waals surface area contributed by atoms with Gasteiger partial charge in [-0.05, 0) is 67.9 Å². The molecule has 32 heteroatoms. The molecule has 0 aliphatic carbocycles. The number of phenolic OH excluding ortho intramolecular Hbond substituents is 1. The maximum atomic E-state index is 13.2. The van der Waals surface area contributed by atoms with E-state index in [0.717, 1.165) is 29.5 Å². The molecule has 0 fully saturated rings. The summed E-state index contributed by atoms with van der Waals surface area (Å²) in [6.45, 7) is 2.74. The number of para-hydroxylation sites is 2. The lowest BCUT2D eigenvalue weighted by Crippen LogP contribution is -2.09. The minimum Gasteiger partial charge on any atom is -0.505 e. The summed E-state index contributed by atoms with van der Waals surface area (Å²) in [6.07, 6.45) is 0. The largest absolute Gasteiger partial charge is 0.505 e. The highest BCUT2D eigenvalue weighted by atomic mass is 32.2. The number of fused-ring (bicyclic) bond motifs is 5. The van der Waals surface area contributed by atoms with Crippen LogP contribution in [0.15, 0.2) is 117 Å². The van der Waals surface area contributed by atoms with Crippen LogP contribution in [0.5, 0.6) is 17.4 Å². The Morgan fingerprint density at radius 2 is 1.51 bits per heavy atom. The van der Waals surface area contributed by atoms with Gasteiger partial charge in [-0.3, -0.25) is 13.5 Å². The Labute approximate surface area is 421 Å². The summed E-state index contributed by atoms with van der Waals surface area (Å²) in [4.78, 5) is 7.07. The number of phenols is 1. The third-order valence-corrected chi connectivity index (χ3v) is 14.1. The van der Waals surface area contributed by atoms with Crippen molar-refractivity contribution in [2.75, 3.05) is 26.4 Å². The van der Waals surface area contributed by atoms with Gasteiger partial charge in [-0.1, -0.05) is 33.5 Å². The molecule has 0 unspecified atom stereocenters. The Morgan fingerprint density at radius 3 is 2.23 bits per heavy atom. The maximum absolute atomic E-state index is 13.2. The maximum Gasteiger partial charge on any atom is 0.297 e. The Hall–Kier alpha value is -6.91. The number of ether oxygens (including phenoxy) is 2. The number of imidazole rings is 1. The van der Waals surface area contributed by atoms with Gasteiger partial charge in [0.15, 0.2) is 17.1 Å². The molecule has 378 valence electrons. The second-order valence-corrected chi connectivity index (χ2v) is 20.0. The highest BCUT2D eigenvalue weighted by Crippen LogP contribution is 2.49. The summed E-state index contributed by atoms with van der Waals surface area (Å²) in [5, 5.41) is 91.8. The van der Waals surface area contributed by atoms with Crippen molar-refractivity contribution in [1.82, 2.24) is 14.4 Å². The summed E-state index contributed by atoms with van der Waals surface area (Å²) in [6, 6.07) is 17.5. The van der Waals surface area contributed by atoms with Crippen molar-refractivity contribution >= 4 is 127 Å². The number of nitrogens with zero attached hydrogens (tertiary/aromatic N) is 10. The zero-order chi connectivity index (χ0) is 52.2. The second kappa shape index (κ2) is 22.1. The Bertz CT molecular complexity index is 3850. The van der Waals surface area contributed by atoms with E-state index in [0.29, 0.717) is 28.6 Å². The highest BCUT2D eigenvalue weighted by molar-refractivity contribution is 7.95. The zero-order valence-corrected chi connectivity index (χ0v) is 41.0. The molecule has 0 bridgehead atoms. The summed E-state index contributed by atoms with van der Waals surface area (Å²) in [5.41, 5.74) is 0.574. The van der Waals surface area contributed by atoms with Gasteiger partial charge in [-0.2, -0.15) is 22.1 Å². The second-order valence-electron chi connectivity index (χ2n) is 14.7. The molecule has 0 saturated heterocycles. The van der Waals surface area contributed by atoms with E-state index in [-0.39, 0.29) is 120 Å². The van der Waals surface area contributed by atoms with E-state index in [1.165, 1.54) is 35.6 Å². The molecule has 0 saturated carbocycles. The van der Waals surface area contributed by atoms with Crippen LogP contribution in [0.1, 0.15) is 16.7 Å². The molecule has 0 aliphatic heterocycles. The Kier molecular flexibility index (Phi) is 15.8. The molecule has 0 aliphatic rings. The van der Waals surface area contributed by atoms with Crippen LogP contribution >= 0.6 is 35.4 Å². The van der Waals surface area contributed by atoms with Gasteiger partial charge in [0, 0.05) is 27.3 Å². The van der Waals surface area contributed by atoms with E-state index < -0.39 is 47.3 Å². The van der Waals surface area contributed by atoms with Crippen LogP contribution in [0.3, 0.4) is 0 Å². The van der Waals surface area contributed by atoms with Gasteiger partial charge >= 0.3 is 0 Å². The molecule has 0 spiro atoms. The van der Waals surface area contributed by atoms with Gasteiger partial charge in [0.1, 0.15) is 56.4 Å². The van der Waals surface area contributed by atoms with E-state index in [1.807, 2.05) is 6.07 Å². The van der Waals surface area contributed by atoms with Gasteiger partial charge < -0.3 is 24.8 Å². The lowest BCUT2D eigenvalue weighted by molar-refractivity contribution is -0.432. The first kappa shape index (κ1) is 52.4. The van der Waals surface area contributed by atoms with Gasteiger partial charge in [0.25, 0.3) is 20.2 Å². The number of rotatable bonds is 20. The molecule has 7 N–H and O–H groups in total. The normalized spacial score (nSPS) is 12.5. The van der Waals surface area contributed by atoms with Crippen LogP contribution in [-0.4, -0.2) is 92.6 Å². The number of aliphatic hydroxyl groups is 1. The van der Waals surface area contributed by atoms with Gasteiger partial charge in [-0.15, -0.1) is 39.4 Å². The smallest absolute Gasteiger partial charge is 0.297 e. The van der Waals surface area contributed by atoms with E-state index in [1.54, 1.807) is 31.2 Å². The van der Waals surface area contributed by atoms with Crippen molar-refractivity contribution in [3.8, 4) is 23.4 Å². The van der Waals surface area contributed by atoms with E-state index in [4.69, 9.17) is 25.1 Å². The fraction of sp³-hybridized carbons (Fsp3) is 0.146. The molecule has 73 heavy (non-hydrogen) atoms. The van der Waals surface area contributed by atoms with Crippen molar-refractivity contribution in [2.24, 2.45) is 30.7 Å². The monoisotopic (exact) mass is 1100 g/mol. The minimum absolute atomic E-state index is 0.000516. The van der Waals surface area contributed by atoms with Gasteiger partial charge in [0.2, 0.25) is 11.0 Å². The lowest BCUT2D eigenvalue weighted by Gasteiger charge is -2.13. The molecule has 27 nitrogen and oxygen atoms in total. The first-order valence-corrected chi connectivity index (χ1v) is 25.4. The first-order valence-electron chi connectivity index (χ1n) is 20.2. The number of nitriles is 1. The summed E-state index contributed by atoms with van der Waals surface area (Å²) in [7, 11) is -10.0. The summed E-state index contributed by atoms with van der Waals surface area (Å²) >= 11 is 1.58. The van der Waals surface area contributed by atoms with Crippen LogP contribution in [-0.2, 0) is 43.7 Å². The lowest BCUT2D eigenvalue weighted by atomic mass is 10.1. The highest BCUT2D eigenvalue weighted by Gasteiger charge is 2.27.